The lowest BCUT2D eigenvalue weighted by atomic mass is 10.1. The number of nitrogens with zero attached hydrogens (tertiary/aromatic N) is 1. The first-order chi connectivity index (χ1) is 9.77. The normalized spacial score (nSPS) is 19.7. The highest BCUT2D eigenvalue weighted by molar-refractivity contribution is 9.10. The molecule has 116 valence electrons. The SMILES string of the molecule is COC(=O)C1CCN(S(=O)(=O)c2cc(Br)cc(N)c2C)C1. The van der Waals surface area contributed by atoms with Crippen molar-refractivity contribution in [2.24, 2.45) is 5.92 Å². The Morgan fingerprint density at radius 3 is 2.76 bits per heavy atom. The molecular formula is C13H17BrN2O4S. The molecular weight excluding hydrogens is 360 g/mol. The van der Waals surface area contributed by atoms with Crippen molar-refractivity contribution >= 4 is 37.6 Å². The first-order valence-corrected chi connectivity index (χ1v) is 8.64. The van der Waals surface area contributed by atoms with E-state index in [0.717, 1.165) is 0 Å². The van der Waals surface area contributed by atoms with Gasteiger partial charge in [-0.2, -0.15) is 4.31 Å². The minimum absolute atomic E-state index is 0.140. The summed E-state index contributed by atoms with van der Waals surface area (Å²) in [4.78, 5) is 11.7. The van der Waals surface area contributed by atoms with E-state index in [9.17, 15) is 13.2 Å². The van der Waals surface area contributed by atoms with Crippen molar-refractivity contribution in [2.45, 2.75) is 18.2 Å². The molecule has 0 spiro atoms. The maximum Gasteiger partial charge on any atom is 0.310 e. The predicted molar refractivity (Wildman–Crippen MR) is 82.2 cm³/mol. The molecule has 21 heavy (non-hydrogen) atoms. The Hall–Kier alpha value is -1.12. The number of hydrogen-bond donors (Lipinski definition) is 1. The van der Waals surface area contributed by atoms with Gasteiger partial charge in [0.05, 0.1) is 17.9 Å². The molecule has 1 heterocycles. The zero-order valence-corrected chi connectivity index (χ0v) is 14.2. The van der Waals surface area contributed by atoms with Crippen molar-refractivity contribution < 1.29 is 17.9 Å². The van der Waals surface area contributed by atoms with Crippen LogP contribution in [-0.4, -0.2) is 38.9 Å². The van der Waals surface area contributed by atoms with Gasteiger partial charge in [0.1, 0.15) is 0 Å². The van der Waals surface area contributed by atoms with Gasteiger partial charge in [-0.25, -0.2) is 8.42 Å². The number of hydrogen-bond acceptors (Lipinski definition) is 5. The molecule has 0 saturated carbocycles. The van der Waals surface area contributed by atoms with Crippen LogP contribution in [0.25, 0.3) is 0 Å². The fourth-order valence-electron chi connectivity index (χ4n) is 2.39. The molecule has 1 aliphatic rings. The van der Waals surface area contributed by atoms with E-state index in [1.165, 1.54) is 17.5 Å². The lowest BCUT2D eigenvalue weighted by Crippen LogP contribution is -2.31. The molecule has 1 fully saturated rings. The molecule has 0 aromatic heterocycles. The second kappa shape index (κ2) is 5.94. The second-order valence-corrected chi connectivity index (χ2v) is 7.81. The van der Waals surface area contributed by atoms with Crippen LogP contribution in [0, 0.1) is 12.8 Å². The van der Waals surface area contributed by atoms with Crippen molar-refractivity contribution in [3.63, 3.8) is 0 Å². The molecule has 6 nitrogen and oxygen atoms in total. The van der Waals surface area contributed by atoms with Crippen molar-refractivity contribution in [1.29, 1.82) is 0 Å². The summed E-state index contributed by atoms with van der Waals surface area (Å²) in [5, 5.41) is 0. The lowest BCUT2D eigenvalue weighted by Gasteiger charge is -2.18. The first-order valence-electron chi connectivity index (χ1n) is 6.41. The van der Waals surface area contributed by atoms with Crippen LogP contribution < -0.4 is 5.73 Å². The fourth-order valence-corrected chi connectivity index (χ4v) is 4.79. The van der Waals surface area contributed by atoms with Gasteiger partial charge in [0.25, 0.3) is 0 Å². The number of anilines is 1. The van der Waals surface area contributed by atoms with Gasteiger partial charge in [0.2, 0.25) is 10.0 Å². The Balaban J connectivity index is 2.34. The molecule has 0 radical (unpaired) electrons. The Labute approximate surface area is 132 Å². The molecule has 1 saturated heterocycles. The smallest absolute Gasteiger partial charge is 0.310 e. The number of nitrogen functional groups attached to an aromatic ring is 1. The fraction of sp³-hybridized carbons (Fsp3) is 0.462. The maximum atomic E-state index is 12.7. The average molecular weight is 377 g/mol. The summed E-state index contributed by atoms with van der Waals surface area (Å²) in [7, 11) is -2.37. The highest BCUT2D eigenvalue weighted by atomic mass is 79.9. The summed E-state index contributed by atoms with van der Waals surface area (Å²) in [5.41, 5.74) is 6.75. The largest absolute Gasteiger partial charge is 0.469 e. The minimum atomic E-state index is -3.67. The quantitative estimate of drug-likeness (QED) is 0.637. The zero-order valence-electron chi connectivity index (χ0n) is 11.8. The Morgan fingerprint density at radius 1 is 1.48 bits per heavy atom. The third-order valence-corrected chi connectivity index (χ3v) is 6.12. The van der Waals surface area contributed by atoms with Gasteiger partial charge in [0, 0.05) is 23.2 Å². The monoisotopic (exact) mass is 376 g/mol. The molecule has 2 rings (SSSR count). The van der Waals surface area contributed by atoms with E-state index in [1.807, 2.05) is 0 Å². The maximum absolute atomic E-state index is 12.7. The van der Waals surface area contributed by atoms with Gasteiger partial charge in [-0.15, -0.1) is 0 Å². The van der Waals surface area contributed by atoms with Gasteiger partial charge in [-0.1, -0.05) is 15.9 Å². The van der Waals surface area contributed by atoms with Gasteiger partial charge in [0.15, 0.2) is 0 Å². The Kier molecular flexibility index (Phi) is 4.60. The van der Waals surface area contributed by atoms with Crippen molar-refractivity contribution in [3.05, 3.63) is 22.2 Å². The Bertz CT molecular complexity index is 675. The number of rotatable bonds is 3. The van der Waals surface area contributed by atoms with Crippen LogP contribution in [0.3, 0.4) is 0 Å². The van der Waals surface area contributed by atoms with Crippen LogP contribution >= 0.6 is 15.9 Å². The number of esters is 1. The zero-order chi connectivity index (χ0) is 15.8. The molecule has 2 N–H and O–H groups in total. The highest BCUT2D eigenvalue weighted by Gasteiger charge is 2.37. The molecule has 1 aromatic rings. The minimum Gasteiger partial charge on any atom is -0.469 e. The van der Waals surface area contributed by atoms with E-state index in [-0.39, 0.29) is 17.4 Å². The van der Waals surface area contributed by atoms with Gasteiger partial charge in [-0.05, 0) is 31.0 Å². The van der Waals surface area contributed by atoms with Gasteiger partial charge in [-0.3, -0.25) is 4.79 Å². The molecule has 1 aliphatic heterocycles. The number of carbonyl (C=O) groups excluding carboxylic acids is 1. The Morgan fingerprint density at radius 2 is 2.14 bits per heavy atom. The van der Waals surface area contributed by atoms with E-state index in [1.54, 1.807) is 13.0 Å². The van der Waals surface area contributed by atoms with Crippen LogP contribution in [0.15, 0.2) is 21.5 Å². The number of ether oxygens (including phenoxy) is 1. The van der Waals surface area contributed by atoms with Crippen LogP contribution in [0.2, 0.25) is 0 Å². The van der Waals surface area contributed by atoms with Crippen LogP contribution in [0.4, 0.5) is 5.69 Å². The van der Waals surface area contributed by atoms with Crippen molar-refractivity contribution in [3.8, 4) is 0 Å². The van der Waals surface area contributed by atoms with E-state index in [0.29, 0.717) is 28.7 Å². The van der Waals surface area contributed by atoms with Crippen LogP contribution in [0.1, 0.15) is 12.0 Å². The number of benzene rings is 1. The standard InChI is InChI=1S/C13H17BrN2O4S/c1-8-11(15)5-10(14)6-12(8)21(18,19)16-4-3-9(7-16)13(17)20-2/h5-6,9H,3-4,7,15H2,1-2H3. The number of methoxy groups -OCH3 is 1. The van der Waals surface area contributed by atoms with E-state index in [2.05, 4.69) is 20.7 Å². The predicted octanol–water partition coefficient (Wildman–Crippen LogP) is 1.52. The van der Waals surface area contributed by atoms with E-state index >= 15 is 0 Å². The summed E-state index contributed by atoms with van der Waals surface area (Å²) in [6.07, 6.45) is 0.467. The van der Waals surface area contributed by atoms with Crippen LogP contribution in [-0.2, 0) is 19.6 Å². The van der Waals surface area contributed by atoms with Gasteiger partial charge >= 0.3 is 5.97 Å². The molecule has 8 heteroatoms. The number of sulfonamides is 1. The average Bonchev–Trinajstić information content (AvgIpc) is 2.92. The third-order valence-electron chi connectivity index (χ3n) is 3.67. The highest BCUT2D eigenvalue weighted by Crippen LogP contribution is 2.31. The topological polar surface area (TPSA) is 89.7 Å². The van der Waals surface area contributed by atoms with Crippen molar-refractivity contribution in [1.82, 2.24) is 4.31 Å². The summed E-state index contributed by atoms with van der Waals surface area (Å²) in [6.45, 7) is 2.11. The molecule has 0 aliphatic carbocycles. The molecule has 1 atom stereocenters. The second-order valence-electron chi connectivity index (χ2n) is 4.99. The van der Waals surface area contributed by atoms with Crippen molar-refractivity contribution in [2.75, 3.05) is 25.9 Å². The molecule has 0 amide bonds. The number of halogens is 1. The lowest BCUT2D eigenvalue weighted by molar-refractivity contribution is -0.144. The summed E-state index contributed by atoms with van der Waals surface area (Å²) in [5.74, 6) is -0.784. The van der Waals surface area contributed by atoms with Crippen LogP contribution in [0.5, 0.6) is 0 Å². The first kappa shape index (κ1) is 16.3. The van der Waals surface area contributed by atoms with Gasteiger partial charge < -0.3 is 10.5 Å². The van der Waals surface area contributed by atoms with E-state index < -0.39 is 15.9 Å². The molecule has 0 bridgehead atoms. The van der Waals surface area contributed by atoms with E-state index in [4.69, 9.17) is 5.73 Å². The number of carbonyl (C=O) groups is 1. The number of nitrogens with two attached hydrogens (primary N) is 1. The molecule has 1 unspecified atom stereocenters. The molecule has 1 aromatic carbocycles. The third kappa shape index (κ3) is 3.07. The summed E-state index contributed by atoms with van der Waals surface area (Å²) in [6, 6.07) is 3.20. The summed E-state index contributed by atoms with van der Waals surface area (Å²) < 4.78 is 32.0. The summed E-state index contributed by atoms with van der Waals surface area (Å²) >= 11 is 3.26.